The Kier molecular flexibility index (Phi) is 8.43. The van der Waals surface area contributed by atoms with Gasteiger partial charge in [-0.25, -0.2) is 14.4 Å². The molecule has 0 bridgehead atoms. The van der Waals surface area contributed by atoms with E-state index in [1.54, 1.807) is 0 Å². The van der Waals surface area contributed by atoms with Gasteiger partial charge in [-0.2, -0.15) is 0 Å². The molecule has 3 atom stereocenters. The van der Waals surface area contributed by atoms with E-state index in [1.807, 2.05) is 0 Å². The first-order valence-electron chi connectivity index (χ1n) is 9.27. The molecule has 3 unspecified atom stereocenters. The minimum atomic E-state index is -5.01. The van der Waals surface area contributed by atoms with Crippen molar-refractivity contribution in [2.45, 2.75) is 37.8 Å². The average molecular weight is 446 g/mol. The second-order valence-electron chi connectivity index (χ2n) is 6.73. The van der Waals surface area contributed by atoms with Crippen LogP contribution in [0.15, 0.2) is 36.9 Å². The first-order chi connectivity index (χ1) is 14.6. The number of aliphatic hydroxyl groups excluding tert-OH is 1. The van der Waals surface area contributed by atoms with Crippen LogP contribution in [0.3, 0.4) is 0 Å². The van der Waals surface area contributed by atoms with E-state index in [2.05, 4.69) is 11.3 Å². The third-order valence-electron chi connectivity index (χ3n) is 4.43. The van der Waals surface area contributed by atoms with Crippen molar-refractivity contribution in [1.82, 2.24) is 0 Å². The topological polar surface area (TPSA) is 108 Å². The van der Waals surface area contributed by atoms with Crippen LogP contribution in [0.2, 0.25) is 0 Å². The average Bonchev–Trinajstić information content (AvgIpc) is 2.71. The van der Waals surface area contributed by atoms with Crippen molar-refractivity contribution >= 4 is 17.9 Å². The maximum atomic E-state index is 12.4. The normalized spacial score (nSPS) is 21.0. The van der Waals surface area contributed by atoms with Gasteiger partial charge in [0.2, 0.25) is 0 Å². The van der Waals surface area contributed by atoms with E-state index in [-0.39, 0.29) is 18.9 Å². The lowest BCUT2D eigenvalue weighted by Crippen LogP contribution is -2.39. The molecule has 1 aromatic carbocycles. The van der Waals surface area contributed by atoms with Crippen molar-refractivity contribution in [3.63, 3.8) is 0 Å². The molecule has 1 fully saturated rings. The molecule has 1 N–H and O–H groups in total. The minimum Gasteiger partial charge on any atom is -0.462 e. The Morgan fingerprint density at radius 1 is 1.16 bits per heavy atom. The Morgan fingerprint density at radius 2 is 1.87 bits per heavy atom. The van der Waals surface area contributed by atoms with Crippen molar-refractivity contribution in [1.29, 1.82) is 0 Å². The highest BCUT2D eigenvalue weighted by Gasteiger charge is 2.34. The Hall–Kier alpha value is -3.08. The summed E-state index contributed by atoms with van der Waals surface area (Å²) in [5.74, 6) is -3.63. The zero-order valence-corrected chi connectivity index (χ0v) is 16.3. The van der Waals surface area contributed by atoms with E-state index < -0.39 is 54.4 Å². The van der Waals surface area contributed by atoms with Gasteiger partial charge in [0.1, 0.15) is 17.4 Å². The summed E-state index contributed by atoms with van der Waals surface area (Å²) in [6.45, 7) is 2.52. The lowest BCUT2D eigenvalue weighted by molar-refractivity contribution is -0.274. The predicted molar refractivity (Wildman–Crippen MR) is 97.8 cm³/mol. The molecule has 0 saturated heterocycles. The monoisotopic (exact) mass is 446 g/mol. The second kappa shape index (κ2) is 10.8. The molecule has 1 aliphatic carbocycles. The third-order valence-corrected chi connectivity index (χ3v) is 4.43. The van der Waals surface area contributed by atoms with E-state index in [0.717, 1.165) is 18.2 Å². The van der Waals surface area contributed by atoms with E-state index in [0.29, 0.717) is 12.8 Å². The second-order valence-corrected chi connectivity index (χ2v) is 6.73. The van der Waals surface area contributed by atoms with Crippen LogP contribution in [0.25, 0.3) is 0 Å². The van der Waals surface area contributed by atoms with Gasteiger partial charge in [0.15, 0.2) is 6.61 Å². The molecule has 0 spiro atoms. The fourth-order valence-corrected chi connectivity index (χ4v) is 3.01. The largest absolute Gasteiger partial charge is 0.573 e. The molecule has 1 aromatic rings. The maximum Gasteiger partial charge on any atom is 0.573 e. The number of alkyl halides is 3. The summed E-state index contributed by atoms with van der Waals surface area (Å²) in [4.78, 5) is 35.1. The van der Waals surface area contributed by atoms with Crippen molar-refractivity contribution in [2.75, 3.05) is 13.2 Å². The number of aliphatic hydroxyl groups is 1. The molecule has 0 radical (unpaired) electrons. The molecule has 2 rings (SSSR count). The summed E-state index contributed by atoms with van der Waals surface area (Å²) in [6.07, 6.45) is -4.81. The van der Waals surface area contributed by atoms with E-state index in [9.17, 15) is 32.7 Å². The number of hydrogen-bond donors (Lipinski definition) is 1. The standard InChI is InChI=1S/C20H21F3O8/c1-2-17(25)28-10-12-7-8-16(14(24)9-12)30-18(26)11-29-19(27)13-5-3-4-6-15(13)31-20(21,22)23/h2-6,12,14,16,24H,1,7-11H2. The van der Waals surface area contributed by atoms with E-state index >= 15 is 0 Å². The van der Waals surface area contributed by atoms with Crippen LogP contribution < -0.4 is 4.74 Å². The number of hydrogen-bond acceptors (Lipinski definition) is 8. The number of ether oxygens (including phenoxy) is 4. The fraction of sp³-hybridized carbons (Fsp3) is 0.450. The highest BCUT2D eigenvalue weighted by Crippen LogP contribution is 2.28. The van der Waals surface area contributed by atoms with E-state index in [1.165, 1.54) is 12.1 Å². The molecule has 170 valence electrons. The number of carbonyl (C=O) groups excluding carboxylic acids is 3. The zero-order chi connectivity index (χ0) is 23.0. The SMILES string of the molecule is C=CC(=O)OCC1CCC(OC(=O)COC(=O)c2ccccc2OC(F)(F)F)C(O)C1. The first-order valence-corrected chi connectivity index (χ1v) is 9.27. The van der Waals surface area contributed by atoms with Crippen molar-refractivity contribution < 1.29 is 51.6 Å². The minimum absolute atomic E-state index is 0.0968. The third kappa shape index (κ3) is 7.93. The number of esters is 3. The van der Waals surface area contributed by atoms with Crippen LogP contribution in [0.5, 0.6) is 5.75 Å². The smallest absolute Gasteiger partial charge is 0.462 e. The van der Waals surface area contributed by atoms with Gasteiger partial charge in [0, 0.05) is 6.08 Å². The molecule has 8 nitrogen and oxygen atoms in total. The van der Waals surface area contributed by atoms with Gasteiger partial charge in [-0.1, -0.05) is 18.7 Å². The van der Waals surface area contributed by atoms with Crippen molar-refractivity contribution in [3.05, 3.63) is 42.5 Å². The van der Waals surface area contributed by atoms with Gasteiger partial charge in [-0.15, -0.1) is 13.2 Å². The number of halogens is 3. The number of rotatable bonds is 8. The Morgan fingerprint density at radius 3 is 2.52 bits per heavy atom. The summed E-state index contributed by atoms with van der Waals surface area (Å²) in [5, 5.41) is 10.1. The van der Waals surface area contributed by atoms with E-state index in [4.69, 9.17) is 14.2 Å². The molecule has 0 heterocycles. The van der Waals surface area contributed by atoms with Crippen molar-refractivity contribution in [2.24, 2.45) is 5.92 Å². The molecular weight excluding hydrogens is 425 g/mol. The molecule has 0 aliphatic heterocycles. The molecule has 0 aromatic heterocycles. The number of para-hydroxylation sites is 1. The van der Waals surface area contributed by atoms with Crippen LogP contribution in [-0.4, -0.2) is 54.8 Å². The number of benzene rings is 1. The summed E-state index contributed by atoms with van der Waals surface area (Å²) in [6, 6.07) is 4.53. The molecule has 11 heteroatoms. The molecular formula is C20H21F3O8. The van der Waals surface area contributed by atoms with Crippen molar-refractivity contribution in [3.8, 4) is 5.75 Å². The quantitative estimate of drug-likeness (QED) is 0.369. The van der Waals surface area contributed by atoms with Gasteiger partial charge in [-0.05, 0) is 37.3 Å². The molecule has 0 amide bonds. The molecule has 31 heavy (non-hydrogen) atoms. The van der Waals surface area contributed by atoms with Crippen LogP contribution in [0.1, 0.15) is 29.6 Å². The van der Waals surface area contributed by atoms with Gasteiger partial charge in [0.05, 0.1) is 12.7 Å². The fourth-order valence-electron chi connectivity index (χ4n) is 3.01. The van der Waals surface area contributed by atoms with Crippen LogP contribution in [0, 0.1) is 5.92 Å². The highest BCUT2D eigenvalue weighted by molar-refractivity contribution is 5.93. The summed E-state index contributed by atoms with van der Waals surface area (Å²) < 4.78 is 55.8. The molecule has 1 aliphatic rings. The molecule has 1 saturated carbocycles. The Balaban J connectivity index is 1.82. The maximum absolute atomic E-state index is 12.4. The summed E-state index contributed by atoms with van der Waals surface area (Å²) in [5.41, 5.74) is -0.512. The lowest BCUT2D eigenvalue weighted by Gasteiger charge is -2.32. The van der Waals surface area contributed by atoms with Gasteiger partial charge < -0.3 is 24.1 Å². The predicted octanol–water partition coefficient (Wildman–Crippen LogP) is 2.54. The highest BCUT2D eigenvalue weighted by atomic mass is 19.4. The Bertz CT molecular complexity index is 808. The van der Waals surface area contributed by atoms with Crippen LogP contribution >= 0.6 is 0 Å². The lowest BCUT2D eigenvalue weighted by atomic mass is 9.86. The van der Waals surface area contributed by atoms with Crippen LogP contribution in [0.4, 0.5) is 13.2 Å². The Labute approximate surface area is 175 Å². The zero-order valence-electron chi connectivity index (χ0n) is 16.3. The summed E-state index contributed by atoms with van der Waals surface area (Å²) in [7, 11) is 0. The first kappa shape index (κ1) is 24.2. The van der Waals surface area contributed by atoms with Gasteiger partial charge in [0.25, 0.3) is 0 Å². The van der Waals surface area contributed by atoms with Gasteiger partial charge >= 0.3 is 24.3 Å². The number of carbonyl (C=O) groups is 3. The van der Waals surface area contributed by atoms with Gasteiger partial charge in [-0.3, -0.25) is 0 Å². The van der Waals surface area contributed by atoms with Crippen LogP contribution in [-0.2, 0) is 23.8 Å². The summed E-state index contributed by atoms with van der Waals surface area (Å²) >= 11 is 0.